The average molecular weight is 439 g/mol. The molecule has 0 aromatic heterocycles. The molecule has 1 unspecified atom stereocenters. The van der Waals surface area contributed by atoms with Crippen LogP contribution in [-0.4, -0.2) is 50.3 Å². The van der Waals surface area contributed by atoms with Gasteiger partial charge in [0.25, 0.3) is 0 Å². The molecule has 0 radical (unpaired) electrons. The molecule has 0 bridgehead atoms. The first-order valence-electron chi connectivity index (χ1n) is 11.6. The van der Waals surface area contributed by atoms with E-state index in [1.165, 1.54) is 5.56 Å². The van der Waals surface area contributed by atoms with Crippen molar-refractivity contribution in [2.75, 3.05) is 27.4 Å². The van der Waals surface area contributed by atoms with Gasteiger partial charge in [-0.05, 0) is 69.1 Å². The molecule has 0 amide bonds. The summed E-state index contributed by atoms with van der Waals surface area (Å²) in [5.41, 5.74) is 7.34. The maximum absolute atomic E-state index is 10.6. The summed E-state index contributed by atoms with van der Waals surface area (Å²) < 4.78 is 16.5. The van der Waals surface area contributed by atoms with Crippen LogP contribution in [-0.2, 0) is 11.2 Å². The largest absolute Gasteiger partial charge is 0.493 e. The predicted octanol–water partition coefficient (Wildman–Crippen LogP) is 4.13. The summed E-state index contributed by atoms with van der Waals surface area (Å²) in [6.07, 6.45) is 3.31. The van der Waals surface area contributed by atoms with E-state index in [2.05, 4.69) is 52.1 Å². The highest BCUT2D eigenvalue weighted by Gasteiger charge is 2.24. The zero-order valence-electron chi connectivity index (χ0n) is 20.7. The van der Waals surface area contributed by atoms with Crippen molar-refractivity contribution in [1.29, 1.82) is 0 Å². The molecule has 0 aliphatic rings. The number of benzene rings is 1. The Morgan fingerprint density at radius 2 is 1.81 bits per heavy atom. The van der Waals surface area contributed by atoms with E-state index < -0.39 is 12.3 Å². The van der Waals surface area contributed by atoms with Crippen LogP contribution in [0.5, 0.6) is 11.5 Å². The lowest BCUT2D eigenvalue weighted by Gasteiger charge is -2.32. The van der Waals surface area contributed by atoms with Gasteiger partial charge < -0.3 is 25.1 Å². The van der Waals surface area contributed by atoms with Crippen molar-refractivity contribution in [2.24, 2.45) is 17.6 Å². The first-order chi connectivity index (χ1) is 14.6. The molecule has 0 aliphatic heterocycles. The van der Waals surface area contributed by atoms with Crippen molar-refractivity contribution in [3.05, 3.63) is 23.8 Å². The Kier molecular flexibility index (Phi) is 12.5. The molecule has 1 aromatic carbocycles. The average Bonchev–Trinajstić information content (AvgIpc) is 2.73. The number of aliphatic hydroxyl groups excluding tert-OH is 1. The van der Waals surface area contributed by atoms with Gasteiger partial charge in [0.15, 0.2) is 11.5 Å². The van der Waals surface area contributed by atoms with Crippen molar-refractivity contribution < 1.29 is 19.3 Å². The molecule has 31 heavy (non-hydrogen) atoms. The van der Waals surface area contributed by atoms with Crippen LogP contribution >= 0.6 is 0 Å². The van der Waals surface area contributed by atoms with E-state index in [0.717, 1.165) is 37.2 Å². The molecule has 180 valence electrons. The maximum atomic E-state index is 10.6. The van der Waals surface area contributed by atoms with Gasteiger partial charge in [0.2, 0.25) is 0 Å². The fourth-order valence-electron chi connectivity index (χ4n) is 3.53. The van der Waals surface area contributed by atoms with Crippen LogP contribution in [0.2, 0.25) is 0 Å². The summed E-state index contributed by atoms with van der Waals surface area (Å²) in [6, 6.07) is 6.15. The van der Waals surface area contributed by atoms with Crippen LogP contribution in [0.4, 0.5) is 0 Å². The van der Waals surface area contributed by atoms with E-state index in [0.29, 0.717) is 31.5 Å². The lowest BCUT2D eigenvalue weighted by molar-refractivity contribution is 0.0938. The molecule has 0 saturated carbocycles. The van der Waals surface area contributed by atoms with Crippen LogP contribution in [0.3, 0.4) is 0 Å². The molecule has 0 heterocycles. The first kappa shape index (κ1) is 27.7. The molecule has 0 fully saturated rings. The molecule has 1 aromatic rings. The van der Waals surface area contributed by atoms with Crippen LogP contribution in [0.25, 0.3) is 0 Å². The molecule has 4 N–H and O–H groups in total. The third-order valence-corrected chi connectivity index (χ3v) is 6.11. The zero-order chi connectivity index (χ0) is 23.4. The molecular weight excluding hydrogens is 392 g/mol. The normalized spacial score (nSPS) is 15.0. The number of methoxy groups -OCH3 is 2. The number of aliphatic hydroxyl groups is 1. The first-order valence-corrected chi connectivity index (χ1v) is 11.6. The predicted molar refractivity (Wildman–Crippen MR) is 128 cm³/mol. The highest BCUT2D eigenvalue weighted by atomic mass is 16.5. The summed E-state index contributed by atoms with van der Waals surface area (Å²) in [6.45, 7) is 12.1. The second-order valence-corrected chi connectivity index (χ2v) is 9.44. The quantitative estimate of drug-likeness (QED) is 0.266. The molecule has 3 atom stereocenters. The van der Waals surface area contributed by atoms with Crippen LogP contribution in [0.1, 0.15) is 65.9 Å². The molecular formula is C25H46N2O4. The Morgan fingerprint density at radius 1 is 1.10 bits per heavy atom. The van der Waals surface area contributed by atoms with E-state index in [-0.39, 0.29) is 5.54 Å². The van der Waals surface area contributed by atoms with E-state index in [9.17, 15) is 5.11 Å². The van der Waals surface area contributed by atoms with Gasteiger partial charge in [0, 0.05) is 25.7 Å². The minimum Gasteiger partial charge on any atom is -0.493 e. The van der Waals surface area contributed by atoms with E-state index in [1.54, 1.807) is 14.2 Å². The van der Waals surface area contributed by atoms with Gasteiger partial charge in [-0.3, -0.25) is 5.32 Å². The topological polar surface area (TPSA) is 86.0 Å². The van der Waals surface area contributed by atoms with Crippen LogP contribution in [0, 0.1) is 11.8 Å². The smallest absolute Gasteiger partial charge is 0.161 e. The van der Waals surface area contributed by atoms with Gasteiger partial charge in [-0.1, -0.05) is 26.8 Å². The third-order valence-electron chi connectivity index (χ3n) is 6.11. The van der Waals surface area contributed by atoms with E-state index >= 15 is 0 Å². The van der Waals surface area contributed by atoms with Crippen LogP contribution in [0.15, 0.2) is 18.2 Å². The lowest BCUT2D eigenvalue weighted by atomic mass is 9.84. The molecule has 6 nitrogen and oxygen atoms in total. The number of hydrogen-bond acceptors (Lipinski definition) is 6. The number of nitrogens with two attached hydrogens (primary N) is 1. The fourth-order valence-corrected chi connectivity index (χ4v) is 3.53. The Labute approximate surface area is 189 Å². The summed E-state index contributed by atoms with van der Waals surface area (Å²) in [7, 11) is 3.35. The molecule has 0 saturated heterocycles. The second-order valence-electron chi connectivity index (χ2n) is 9.44. The summed E-state index contributed by atoms with van der Waals surface area (Å²) in [5.74, 6) is 2.45. The minimum atomic E-state index is -0.567. The third kappa shape index (κ3) is 10.2. The van der Waals surface area contributed by atoms with Crippen molar-refractivity contribution in [2.45, 2.75) is 84.5 Å². The van der Waals surface area contributed by atoms with Gasteiger partial charge in [0.05, 0.1) is 26.0 Å². The summed E-state index contributed by atoms with van der Waals surface area (Å²) in [5, 5.41) is 13.9. The number of hydrogen-bond donors (Lipinski definition) is 3. The molecule has 1 rings (SSSR count). The second kappa shape index (κ2) is 13.9. The lowest BCUT2D eigenvalue weighted by Crippen LogP contribution is -2.55. The van der Waals surface area contributed by atoms with Crippen molar-refractivity contribution >= 4 is 0 Å². The van der Waals surface area contributed by atoms with Gasteiger partial charge in [-0.15, -0.1) is 0 Å². The van der Waals surface area contributed by atoms with Crippen molar-refractivity contribution in [3.8, 4) is 11.5 Å². The Balaban J connectivity index is 2.73. The molecule has 0 spiro atoms. The number of rotatable bonds is 16. The minimum absolute atomic E-state index is 0.0827. The number of nitrogens with one attached hydrogen (secondary N) is 1. The Bertz CT molecular complexity index is 622. The summed E-state index contributed by atoms with van der Waals surface area (Å²) in [4.78, 5) is 0. The van der Waals surface area contributed by atoms with Crippen molar-refractivity contribution in [1.82, 2.24) is 5.32 Å². The van der Waals surface area contributed by atoms with Crippen LogP contribution < -0.4 is 20.5 Å². The number of ether oxygens (including phenoxy) is 3. The van der Waals surface area contributed by atoms with Gasteiger partial charge >= 0.3 is 0 Å². The summed E-state index contributed by atoms with van der Waals surface area (Å²) >= 11 is 0. The standard InChI is InChI=1S/C25H46N2O4/c1-8-25(4,5)27-24(26)21(28)12-11-20(18(2)3)16-19-10-13-22(30-7)23(17-19)31-15-9-14-29-6/h10,13,17-18,20-21,24,27-28H,8-9,11-12,14-16,26H2,1-7H3/t20-,21-,24?/m0/s1. The highest BCUT2D eigenvalue weighted by Crippen LogP contribution is 2.31. The van der Waals surface area contributed by atoms with Gasteiger partial charge in [-0.2, -0.15) is 0 Å². The fraction of sp³-hybridized carbons (Fsp3) is 0.760. The monoisotopic (exact) mass is 438 g/mol. The molecule has 6 heteroatoms. The molecule has 0 aliphatic carbocycles. The Morgan fingerprint density at radius 3 is 2.39 bits per heavy atom. The Hall–Kier alpha value is -1.34. The van der Waals surface area contributed by atoms with E-state index in [4.69, 9.17) is 19.9 Å². The van der Waals surface area contributed by atoms with E-state index in [1.807, 2.05) is 6.07 Å². The van der Waals surface area contributed by atoms with Crippen molar-refractivity contribution in [3.63, 3.8) is 0 Å². The highest BCUT2D eigenvalue weighted by molar-refractivity contribution is 5.43. The zero-order valence-corrected chi connectivity index (χ0v) is 20.7. The maximum Gasteiger partial charge on any atom is 0.161 e. The van der Waals surface area contributed by atoms with Gasteiger partial charge in [0.1, 0.15) is 0 Å². The SMILES string of the molecule is CCC(C)(C)NC(N)[C@@H](O)CC[C@@H](Cc1ccc(OC)c(OCCCOC)c1)C(C)C. The van der Waals surface area contributed by atoms with Gasteiger partial charge in [-0.25, -0.2) is 0 Å².